The van der Waals surface area contributed by atoms with Gasteiger partial charge < -0.3 is 15.2 Å². The summed E-state index contributed by atoms with van der Waals surface area (Å²) in [5.41, 5.74) is 7.78. The summed E-state index contributed by atoms with van der Waals surface area (Å²) in [6.45, 7) is 4.66. The van der Waals surface area contributed by atoms with Crippen LogP contribution in [0, 0.1) is 13.8 Å². The van der Waals surface area contributed by atoms with Crippen LogP contribution in [-0.2, 0) is 14.9 Å². The number of primary amides is 1. The average molecular weight is 235 g/mol. The van der Waals surface area contributed by atoms with Gasteiger partial charge in [0.05, 0.1) is 20.3 Å². The van der Waals surface area contributed by atoms with Gasteiger partial charge in [0, 0.05) is 0 Å². The molecule has 0 aromatic heterocycles. The third kappa shape index (κ3) is 1.69. The van der Waals surface area contributed by atoms with Gasteiger partial charge in [-0.25, -0.2) is 0 Å². The Morgan fingerprint density at radius 1 is 1.35 bits per heavy atom. The summed E-state index contributed by atoms with van der Waals surface area (Å²) in [6.07, 6.45) is 0. The molecule has 17 heavy (non-hydrogen) atoms. The van der Waals surface area contributed by atoms with E-state index >= 15 is 0 Å². The second-order valence-corrected chi connectivity index (χ2v) is 4.58. The molecule has 0 saturated carbocycles. The molecular formula is C13H17NO3. The number of rotatable bonds is 3. The molecule has 4 heteroatoms. The molecule has 92 valence electrons. The summed E-state index contributed by atoms with van der Waals surface area (Å²) in [7, 11) is 1.64. The fourth-order valence-corrected chi connectivity index (χ4v) is 2.31. The Morgan fingerprint density at radius 3 is 2.18 bits per heavy atom. The van der Waals surface area contributed by atoms with E-state index in [0.29, 0.717) is 13.2 Å². The Bertz CT molecular complexity index is 441. The Kier molecular flexibility index (Phi) is 2.83. The number of hydrogen-bond acceptors (Lipinski definition) is 3. The number of methoxy groups -OCH3 is 1. The van der Waals surface area contributed by atoms with Crippen molar-refractivity contribution in [3.05, 3.63) is 28.8 Å². The number of amides is 1. The number of ether oxygens (including phenoxy) is 2. The predicted molar refractivity (Wildman–Crippen MR) is 64.2 cm³/mol. The van der Waals surface area contributed by atoms with Crippen molar-refractivity contribution in [2.45, 2.75) is 19.3 Å². The first-order chi connectivity index (χ1) is 8.01. The second kappa shape index (κ2) is 4.04. The van der Waals surface area contributed by atoms with Crippen LogP contribution < -0.4 is 10.5 Å². The van der Waals surface area contributed by atoms with Crippen LogP contribution in [0.15, 0.2) is 12.1 Å². The molecule has 1 amide bonds. The summed E-state index contributed by atoms with van der Waals surface area (Å²) >= 11 is 0. The van der Waals surface area contributed by atoms with Gasteiger partial charge >= 0.3 is 0 Å². The molecule has 2 rings (SSSR count). The van der Waals surface area contributed by atoms with E-state index < -0.39 is 5.41 Å². The topological polar surface area (TPSA) is 61.5 Å². The van der Waals surface area contributed by atoms with E-state index in [4.69, 9.17) is 15.2 Å². The molecule has 0 aliphatic carbocycles. The molecule has 1 aliphatic heterocycles. The van der Waals surface area contributed by atoms with E-state index in [1.165, 1.54) is 0 Å². The maximum atomic E-state index is 11.6. The van der Waals surface area contributed by atoms with Crippen LogP contribution in [0.1, 0.15) is 16.7 Å². The van der Waals surface area contributed by atoms with E-state index in [0.717, 1.165) is 22.4 Å². The average Bonchev–Trinajstić information content (AvgIpc) is 2.14. The smallest absolute Gasteiger partial charge is 0.232 e. The van der Waals surface area contributed by atoms with Gasteiger partial charge in [0.25, 0.3) is 0 Å². The van der Waals surface area contributed by atoms with Gasteiger partial charge in [-0.3, -0.25) is 4.79 Å². The van der Waals surface area contributed by atoms with Crippen LogP contribution >= 0.6 is 0 Å². The summed E-state index contributed by atoms with van der Waals surface area (Å²) in [6, 6.07) is 3.91. The summed E-state index contributed by atoms with van der Waals surface area (Å²) in [4.78, 5) is 11.6. The molecule has 1 aromatic rings. The highest BCUT2D eigenvalue weighted by atomic mass is 16.5. The summed E-state index contributed by atoms with van der Waals surface area (Å²) < 4.78 is 10.5. The lowest BCUT2D eigenvalue weighted by molar-refractivity contribution is -0.141. The largest absolute Gasteiger partial charge is 0.496 e. The molecular weight excluding hydrogens is 218 g/mol. The number of carbonyl (C=O) groups excluding carboxylic acids is 1. The zero-order valence-electron chi connectivity index (χ0n) is 10.4. The molecule has 1 aliphatic rings. The van der Waals surface area contributed by atoms with E-state index in [-0.39, 0.29) is 5.91 Å². The molecule has 0 spiro atoms. The van der Waals surface area contributed by atoms with Crippen molar-refractivity contribution in [1.29, 1.82) is 0 Å². The number of aryl methyl sites for hydroxylation is 2. The van der Waals surface area contributed by atoms with E-state index in [1.807, 2.05) is 26.0 Å². The molecule has 1 fully saturated rings. The first-order valence-corrected chi connectivity index (χ1v) is 5.54. The Balaban J connectivity index is 2.50. The number of carbonyl (C=O) groups is 1. The van der Waals surface area contributed by atoms with Gasteiger partial charge in [-0.05, 0) is 30.5 Å². The maximum Gasteiger partial charge on any atom is 0.232 e. The highest BCUT2D eigenvalue weighted by Crippen LogP contribution is 2.36. The fraction of sp³-hybridized carbons (Fsp3) is 0.462. The Labute approximate surface area is 101 Å². The quantitative estimate of drug-likeness (QED) is 0.852. The predicted octanol–water partition coefficient (Wildman–Crippen LogP) is 1.07. The van der Waals surface area contributed by atoms with Gasteiger partial charge in [0.2, 0.25) is 5.91 Å². The molecule has 1 aromatic carbocycles. The maximum absolute atomic E-state index is 11.6. The summed E-state index contributed by atoms with van der Waals surface area (Å²) in [5.74, 6) is 0.529. The molecule has 4 nitrogen and oxygen atoms in total. The van der Waals surface area contributed by atoms with Gasteiger partial charge in [-0.2, -0.15) is 0 Å². The first kappa shape index (κ1) is 11.9. The molecule has 1 heterocycles. The fourth-order valence-electron chi connectivity index (χ4n) is 2.31. The van der Waals surface area contributed by atoms with Crippen molar-refractivity contribution in [3.63, 3.8) is 0 Å². The van der Waals surface area contributed by atoms with Crippen molar-refractivity contribution in [2.75, 3.05) is 20.3 Å². The van der Waals surface area contributed by atoms with Crippen molar-refractivity contribution < 1.29 is 14.3 Å². The van der Waals surface area contributed by atoms with Gasteiger partial charge in [-0.1, -0.05) is 12.1 Å². The third-order valence-electron chi connectivity index (χ3n) is 3.39. The number of benzene rings is 1. The molecule has 0 atom stereocenters. The Morgan fingerprint density at radius 2 is 1.88 bits per heavy atom. The molecule has 0 unspecified atom stereocenters. The van der Waals surface area contributed by atoms with Crippen molar-refractivity contribution in [2.24, 2.45) is 5.73 Å². The van der Waals surface area contributed by atoms with Crippen LogP contribution in [0.3, 0.4) is 0 Å². The monoisotopic (exact) mass is 235 g/mol. The number of hydrogen-bond donors (Lipinski definition) is 1. The zero-order chi connectivity index (χ0) is 12.6. The van der Waals surface area contributed by atoms with E-state index in [9.17, 15) is 4.79 Å². The van der Waals surface area contributed by atoms with Crippen molar-refractivity contribution in [1.82, 2.24) is 0 Å². The lowest BCUT2D eigenvalue weighted by Gasteiger charge is -2.39. The van der Waals surface area contributed by atoms with Crippen LogP contribution in [0.25, 0.3) is 0 Å². The lowest BCUT2D eigenvalue weighted by Crippen LogP contribution is -2.56. The molecule has 0 radical (unpaired) electrons. The van der Waals surface area contributed by atoms with Crippen molar-refractivity contribution >= 4 is 5.91 Å². The van der Waals surface area contributed by atoms with Crippen LogP contribution in [0.4, 0.5) is 0 Å². The van der Waals surface area contributed by atoms with E-state index in [2.05, 4.69) is 0 Å². The molecule has 2 N–H and O–H groups in total. The minimum atomic E-state index is -0.651. The van der Waals surface area contributed by atoms with Gasteiger partial charge in [-0.15, -0.1) is 0 Å². The van der Waals surface area contributed by atoms with E-state index in [1.54, 1.807) is 7.11 Å². The Hall–Kier alpha value is -1.55. The first-order valence-electron chi connectivity index (χ1n) is 5.54. The van der Waals surface area contributed by atoms with Crippen LogP contribution in [-0.4, -0.2) is 26.2 Å². The summed E-state index contributed by atoms with van der Waals surface area (Å²) in [5, 5.41) is 0. The van der Waals surface area contributed by atoms with Crippen molar-refractivity contribution in [3.8, 4) is 5.75 Å². The second-order valence-electron chi connectivity index (χ2n) is 4.58. The van der Waals surface area contributed by atoms with Gasteiger partial charge in [0.15, 0.2) is 0 Å². The lowest BCUT2D eigenvalue weighted by atomic mass is 9.77. The van der Waals surface area contributed by atoms with Gasteiger partial charge in [0.1, 0.15) is 11.2 Å². The SMILES string of the molecule is COc1c(C)cc(C2(C(N)=O)COC2)cc1C. The minimum Gasteiger partial charge on any atom is -0.496 e. The number of nitrogens with two attached hydrogens (primary N) is 1. The normalized spacial score (nSPS) is 17.4. The zero-order valence-corrected chi connectivity index (χ0v) is 10.4. The van der Waals surface area contributed by atoms with Crippen LogP contribution in [0.2, 0.25) is 0 Å². The standard InChI is InChI=1S/C13H17NO3/c1-8-4-10(5-9(2)11(8)16-3)13(12(14)15)6-17-7-13/h4-5H,6-7H2,1-3H3,(H2,14,15). The third-order valence-corrected chi connectivity index (χ3v) is 3.39. The highest BCUT2D eigenvalue weighted by molar-refractivity contribution is 5.88. The molecule has 0 bridgehead atoms. The molecule has 1 saturated heterocycles. The van der Waals surface area contributed by atoms with Crippen LogP contribution in [0.5, 0.6) is 5.75 Å². The highest BCUT2D eigenvalue weighted by Gasteiger charge is 2.46. The minimum absolute atomic E-state index is 0.326.